The number of nitrogens with one attached hydrogen (secondary N) is 1. The van der Waals surface area contributed by atoms with Gasteiger partial charge in [0.2, 0.25) is 11.8 Å². The molecule has 1 aliphatic heterocycles. The molecule has 5 heteroatoms. The number of carbonyl (C=O) groups excluding carboxylic acids is 2. The topological polar surface area (TPSA) is 52.7 Å². The van der Waals surface area contributed by atoms with Gasteiger partial charge in [-0.3, -0.25) is 14.5 Å². The van der Waals surface area contributed by atoms with Gasteiger partial charge in [-0.1, -0.05) is 30.3 Å². The molecule has 1 aliphatic rings. The Morgan fingerprint density at radius 1 is 1.00 bits per heavy atom. The van der Waals surface area contributed by atoms with Crippen LogP contribution < -0.4 is 5.32 Å². The second-order valence-corrected chi connectivity index (χ2v) is 5.89. The van der Waals surface area contributed by atoms with Crippen molar-refractivity contribution in [2.75, 3.05) is 38.0 Å². The van der Waals surface area contributed by atoms with E-state index in [-0.39, 0.29) is 11.8 Å². The first-order valence-electron chi connectivity index (χ1n) is 7.88. The van der Waals surface area contributed by atoms with E-state index in [9.17, 15) is 9.59 Å². The first-order valence-corrected chi connectivity index (χ1v) is 7.88. The predicted molar refractivity (Wildman–Crippen MR) is 91.3 cm³/mol. The molecule has 120 valence electrons. The summed E-state index contributed by atoms with van der Waals surface area (Å²) in [6.45, 7) is 4.81. The predicted octanol–water partition coefficient (Wildman–Crippen LogP) is 1.94. The number of hydrogen-bond acceptors (Lipinski definition) is 3. The minimum atomic E-state index is -0.0171. The highest BCUT2D eigenvalue weighted by atomic mass is 16.2. The number of amides is 2. The van der Waals surface area contributed by atoms with E-state index >= 15 is 0 Å². The van der Waals surface area contributed by atoms with E-state index in [1.807, 2.05) is 41.3 Å². The van der Waals surface area contributed by atoms with Crippen molar-refractivity contribution >= 4 is 28.3 Å². The number of hydrogen-bond donors (Lipinski definition) is 1. The molecule has 0 radical (unpaired) electrons. The second-order valence-electron chi connectivity index (χ2n) is 5.89. The van der Waals surface area contributed by atoms with Crippen LogP contribution in [-0.4, -0.2) is 54.3 Å². The summed E-state index contributed by atoms with van der Waals surface area (Å²) in [7, 11) is 0. The van der Waals surface area contributed by atoms with Crippen LogP contribution in [-0.2, 0) is 9.59 Å². The van der Waals surface area contributed by atoms with E-state index in [2.05, 4.69) is 16.3 Å². The van der Waals surface area contributed by atoms with Gasteiger partial charge in [0.05, 0.1) is 6.54 Å². The van der Waals surface area contributed by atoms with Gasteiger partial charge >= 0.3 is 0 Å². The van der Waals surface area contributed by atoms with Crippen molar-refractivity contribution in [2.45, 2.75) is 6.92 Å². The smallest absolute Gasteiger partial charge is 0.238 e. The maximum absolute atomic E-state index is 12.2. The Bertz CT molecular complexity index is 721. The molecule has 3 rings (SSSR count). The van der Waals surface area contributed by atoms with Crippen LogP contribution in [0.4, 0.5) is 5.69 Å². The summed E-state index contributed by atoms with van der Waals surface area (Å²) in [6, 6.07) is 14.0. The van der Waals surface area contributed by atoms with Crippen molar-refractivity contribution in [3.8, 4) is 0 Å². The lowest BCUT2D eigenvalue weighted by Gasteiger charge is -2.33. The Morgan fingerprint density at radius 3 is 2.39 bits per heavy atom. The number of anilines is 1. The maximum Gasteiger partial charge on any atom is 0.238 e. The second kappa shape index (κ2) is 6.79. The van der Waals surface area contributed by atoms with Crippen LogP contribution in [0.15, 0.2) is 42.5 Å². The molecule has 0 aromatic heterocycles. The van der Waals surface area contributed by atoms with E-state index in [0.717, 1.165) is 29.5 Å². The van der Waals surface area contributed by atoms with Crippen LogP contribution in [0.25, 0.3) is 10.8 Å². The standard InChI is InChI=1S/C18H21N3O2/c1-14(22)21-10-8-20(9-11-21)13-18(23)19-17-7-6-15-4-2-3-5-16(15)12-17/h2-7,12H,8-11,13H2,1H3,(H,19,23). The van der Waals surface area contributed by atoms with E-state index < -0.39 is 0 Å². The third-order valence-electron chi connectivity index (χ3n) is 4.22. The molecule has 0 saturated carbocycles. The van der Waals surface area contributed by atoms with Crippen molar-refractivity contribution in [1.29, 1.82) is 0 Å². The van der Waals surface area contributed by atoms with Crippen LogP contribution in [0.1, 0.15) is 6.92 Å². The summed E-state index contributed by atoms with van der Waals surface area (Å²) in [6.07, 6.45) is 0. The van der Waals surface area contributed by atoms with Crippen molar-refractivity contribution in [1.82, 2.24) is 9.80 Å². The van der Waals surface area contributed by atoms with Crippen molar-refractivity contribution in [3.05, 3.63) is 42.5 Å². The van der Waals surface area contributed by atoms with Gasteiger partial charge in [-0.15, -0.1) is 0 Å². The van der Waals surface area contributed by atoms with Crippen LogP contribution >= 0.6 is 0 Å². The average molecular weight is 311 g/mol. The number of carbonyl (C=O) groups is 2. The highest BCUT2D eigenvalue weighted by molar-refractivity contribution is 5.95. The van der Waals surface area contributed by atoms with Gasteiger partial charge in [0.25, 0.3) is 0 Å². The quantitative estimate of drug-likeness (QED) is 0.942. The molecule has 23 heavy (non-hydrogen) atoms. The van der Waals surface area contributed by atoms with Crippen molar-refractivity contribution in [3.63, 3.8) is 0 Å². The molecule has 5 nitrogen and oxygen atoms in total. The zero-order valence-corrected chi connectivity index (χ0v) is 13.3. The molecule has 2 amide bonds. The molecule has 1 saturated heterocycles. The highest BCUT2D eigenvalue weighted by Crippen LogP contribution is 2.18. The lowest BCUT2D eigenvalue weighted by molar-refractivity contribution is -0.130. The zero-order chi connectivity index (χ0) is 16.2. The number of piperazine rings is 1. The van der Waals surface area contributed by atoms with Crippen LogP contribution in [0.3, 0.4) is 0 Å². The van der Waals surface area contributed by atoms with E-state index in [0.29, 0.717) is 19.6 Å². The molecule has 0 aliphatic carbocycles. The number of nitrogens with zero attached hydrogens (tertiary/aromatic N) is 2. The lowest BCUT2D eigenvalue weighted by atomic mass is 10.1. The van der Waals surface area contributed by atoms with E-state index in [4.69, 9.17) is 0 Å². The van der Waals surface area contributed by atoms with E-state index in [1.54, 1.807) is 6.92 Å². The number of rotatable bonds is 3. The van der Waals surface area contributed by atoms with Crippen molar-refractivity contribution in [2.24, 2.45) is 0 Å². The fourth-order valence-corrected chi connectivity index (χ4v) is 2.89. The van der Waals surface area contributed by atoms with Crippen LogP contribution in [0.2, 0.25) is 0 Å². The largest absolute Gasteiger partial charge is 0.340 e. The monoisotopic (exact) mass is 311 g/mol. The Hall–Kier alpha value is -2.40. The van der Waals surface area contributed by atoms with Crippen LogP contribution in [0, 0.1) is 0 Å². The fourth-order valence-electron chi connectivity index (χ4n) is 2.89. The molecular formula is C18H21N3O2. The highest BCUT2D eigenvalue weighted by Gasteiger charge is 2.20. The Labute approximate surface area is 135 Å². The van der Waals surface area contributed by atoms with Gasteiger partial charge in [0, 0.05) is 38.8 Å². The summed E-state index contributed by atoms with van der Waals surface area (Å²) in [4.78, 5) is 27.4. The molecule has 2 aromatic carbocycles. The van der Waals surface area contributed by atoms with Gasteiger partial charge in [-0.05, 0) is 22.9 Å². The first kappa shape index (κ1) is 15.5. The molecule has 1 fully saturated rings. The molecule has 0 unspecified atom stereocenters. The number of benzene rings is 2. The van der Waals surface area contributed by atoms with Gasteiger partial charge in [0.15, 0.2) is 0 Å². The summed E-state index contributed by atoms with van der Waals surface area (Å²) >= 11 is 0. The Balaban J connectivity index is 1.55. The van der Waals surface area contributed by atoms with Gasteiger partial charge in [0.1, 0.15) is 0 Å². The van der Waals surface area contributed by atoms with Crippen molar-refractivity contribution < 1.29 is 9.59 Å². The van der Waals surface area contributed by atoms with Crippen LogP contribution in [0.5, 0.6) is 0 Å². The molecule has 0 bridgehead atoms. The zero-order valence-electron chi connectivity index (χ0n) is 13.3. The SMILES string of the molecule is CC(=O)N1CCN(CC(=O)Nc2ccc3ccccc3c2)CC1. The molecule has 0 atom stereocenters. The minimum Gasteiger partial charge on any atom is -0.340 e. The molecular weight excluding hydrogens is 290 g/mol. The summed E-state index contributed by atoms with van der Waals surface area (Å²) in [5.74, 6) is 0.0850. The molecule has 0 spiro atoms. The minimum absolute atomic E-state index is 0.0171. The van der Waals surface area contributed by atoms with E-state index in [1.165, 1.54) is 0 Å². The third kappa shape index (κ3) is 3.87. The molecule has 2 aromatic rings. The number of fused-ring (bicyclic) bond motifs is 1. The van der Waals surface area contributed by atoms with Gasteiger partial charge in [-0.2, -0.15) is 0 Å². The Morgan fingerprint density at radius 2 is 1.70 bits per heavy atom. The first-order chi connectivity index (χ1) is 11.1. The Kier molecular flexibility index (Phi) is 4.57. The van der Waals surface area contributed by atoms with Gasteiger partial charge < -0.3 is 10.2 Å². The summed E-state index contributed by atoms with van der Waals surface area (Å²) in [5.41, 5.74) is 0.816. The third-order valence-corrected chi connectivity index (χ3v) is 4.22. The molecule has 1 heterocycles. The molecule has 1 N–H and O–H groups in total. The summed E-state index contributed by atoms with van der Waals surface area (Å²) in [5, 5.41) is 5.22. The lowest BCUT2D eigenvalue weighted by Crippen LogP contribution is -2.49. The maximum atomic E-state index is 12.2. The summed E-state index contributed by atoms with van der Waals surface area (Å²) < 4.78 is 0. The normalized spacial score (nSPS) is 15.6. The van der Waals surface area contributed by atoms with Gasteiger partial charge in [-0.25, -0.2) is 0 Å². The fraction of sp³-hybridized carbons (Fsp3) is 0.333. The average Bonchev–Trinajstić information content (AvgIpc) is 2.55.